The lowest BCUT2D eigenvalue weighted by Gasteiger charge is -2.29. The Balaban J connectivity index is 1.66. The molecule has 2 fully saturated rings. The van der Waals surface area contributed by atoms with Gasteiger partial charge in [0.25, 0.3) is 0 Å². The number of carbonyl (C=O) groups is 2. The third-order valence-corrected chi connectivity index (χ3v) is 8.60. The molecule has 4 rings (SSSR count). The zero-order valence-corrected chi connectivity index (χ0v) is 22.2. The number of esters is 2. The molecule has 37 heavy (non-hydrogen) atoms. The normalized spacial score (nSPS) is 44.9. The summed E-state index contributed by atoms with van der Waals surface area (Å²) in [5.41, 5.74) is 3.95. The van der Waals surface area contributed by atoms with Crippen molar-refractivity contribution in [3.05, 3.63) is 58.7 Å². The smallest absolute Gasteiger partial charge is 0.334 e. The van der Waals surface area contributed by atoms with Crippen LogP contribution >= 0.6 is 0 Å². The maximum Gasteiger partial charge on any atom is 0.334 e. The molecule has 4 aliphatic rings. The molecule has 2 aliphatic heterocycles. The summed E-state index contributed by atoms with van der Waals surface area (Å²) in [5, 5.41) is 32.5. The molecule has 0 aromatic rings. The van der Waals surface area contributed by atoms with Gasteiger partial charge in [-0.15, -0.1) is 0 Å². The predicted molar refractivity (Wildman–Crippen MR) is 139 cm³/mol. The number of hydrogen-bond acceptors (Lipinski definition) is 7. The highest BCUT2D eigenvalue weighted by atomic mass is 16.6. The molecule has 0 aromatic carbocycles. The number of carbonyl (C=O) groups excluding carboxylic acids is 2. The van der Waals surface area contributed by atoms with E-state index in [2.05, 4.69) is 6.58 Å². The second-order valence-electron chi connectivity index (χ2n) is 11.4. The van der Waals surface area contributed by atoms with Crippen molar-refractivity contribution < 1.29 is 34.4 Å². The number of rotatable bonds is 2. The summed E-state index contributed by atoms with van der Waals surface area (Å²) >= 11 is 0. The van der Waals surface area contributed by atoms with Crippen LogP contribution in [0.1, 0.15) is 59.8 Å². The van der Waals surface area contributed by atoms with Crippen LogP contribution in [0.4, 0.5) is 0 Å². The van der Waals surface area contributed by atoms with Crippen LogP contribution in [-0.2, 0) is 19.1 Å². The molecule has 2 heterocycles. The van der Waals surface area contributed by atoms with Crippen molar-refractivity contribution in [1.29, 1.82) is 0 Å². The molecule has 0 unspecified atom stereocenters. The molecule has 0 saturated carbocycles. The Bertz CT molecular complexity index is 1060. The Hall–Kier alpha value is -2.48. The molecule has 0 amide bonds. The van der Waals surface area contributed by atoms with E-state index >= 15 is 0 Å². The van der Waals surface area contributed by atoms with Crippen LogP contribution in [-0.4, -0.2) is 57.8 Å². The molecule has 0 aromatic heterocycles. The SMILES string of the molecule is C=C1C(=O)O[C@H]2/C=C(/C)[C@@H](C[C@H]3C(=O)O[C@H]4/C=C(/C)[C@@H](O)CC/C(C)=C/[C@@H](O)[C@@H]43)CC/C(C)=C/[C@@H](O)[C@H]12. The molecular weight excluding hydrogens is 472 g/mol. The molecule has 7 nitrogen and oxygen atoms in total. The summed E-state index contributed by atoms with van der Waals surface area (Å²) in [6.45, 7) is 11.5. The molecule has 0 spiro atoms. The monoisotopic (exact) mass is 512 g/mol. The maximum absolute atomic E-state index is 13.2. The Morgan fingerprint density at radius 1 is 0.838 bits per heavy atom. The Morgan fingerprint density at radius 2 is 1.46 bits per heavy atom. The van der Waals surface area contributed by atoms with Gasteiger partial charge in [0.2, 0.25) is 0 Å². The first-order valence-corrected chi connectivity index (χ1v) is 13.3. The fraction of sp³-hybridized carbons (Fsp3) is 0.600. The van der Waals surface area contributed by atoms with E-state index in [-0.39, 0.29) is 17.5 Å². The minimum absolute atomic E-state index is 0.0218. The number of ether oxygens (including phenoxy) is 2. The van der Waals surface area contributed by atoms with Gasteiger partial charge in [0.15, 0.2) is 0 Å². The lowest BCUT2D eigenvalue weighted by atomic mass is 9.75. The van der Waals surface area contributed by atoms with E-state index in [1.165, 1.54) is 0 Å². The zero-order chi connectivity index (χ0) is 27.0. The van der Waals surface area contributed by atoms with Crippen molar-refractivity contribution in [1.82, 2.24) is 0 Å². The first-order chi connectivity index (χ1) is 17.5. The van der Waals surface area contributed by atoms with Gasteiger partial charge in [0.1, 0.15) is 12.2 Å². The summed E-state index contributed by atoms with van der Waals surface area (Å²) in [6, 6.07) is 0. The third kappa shape index (κ3) is 5.84. The second-order valence-corrected chi connectivity index (χ2v) is 11.4. The summed E-state index contributed by atoms with van der Waals surface area (Å²) in [5.74, 6) is -2.42. The lowest BCUT2D eigenvalue weighted by molar-refractivity contribution is -0.143. The highest BCUT2D eigenvalue weighted by Gasteiger charge is 2.48. The van der Waals surface area contributed by atoms with Crippen LogP contribution in [0.15, 0.2) is 58.7 Å². The average molecular weight is 513 g/mol. The van der Waals surface area contributed by atoms with E-state index in [0.29, 0.717) is 25.7 Å². The summed E-state index contributed by atoms with van der Waals surface area (Å²) in [7, 11) is 0. The van der Waals surface area contributed by atoms with E-state index in [1.54, 1.807) is 18.2 Å². The first-order valence-electron chi connectivity index (χ1n) is 13.3. The molecule has 3 N–H and O–H groups in total. The second kappa shape index (κ2) is 11.1. The summed E-state index contributed by atoms with van der Waals surface area (Å²) in [6.07, 6.45) is 6.81. The van der Waals surface area contributed by atoms with Gasteiger partial charge in [-0.2, -0.15) is 0 Å². The topological polar surface area (TPSA) is 113 Å². The zero-order valence-electron chi connectivity index (χ0n) is 22.2. The van der Waals surface area contributed by atoms with Crippen molar-refractivity contribution in [3.63, 3.8) is 0 Å². The molecule has 2 saturated heterocycles. The predicted octanol–water partition coefficient (Wildman–Crippen LogP) is 3.70. The van der Waals surface area contributed by atoms with Crippen LogP contribution in [0.25, 0.3) is 0 Å². The Kier molecular flexibility index (Phi) is 8.26. The van der Waals surface area contributed by atoms with E-state index in [4.69, 9.17) is 9.47 Å². The number of allylic oxidation sites excluding steroid dienone is 3. The quantitative estimate of drug-likeness (QED) is 0.294. The van der Waals surface area contributed by atoms with Crippen molar-refractivity contribution in [2.24, 2.45) is 23.7 Å². The van der Waals surface area contributed by atoms with Gasteiger partial charge in [0.05, 0.1) is 30.1 Å². The average Bonchev–Trinajstić information content (AvgIpc) is 3.27. The molecule has 0 bridgehead atoms. The van der Waals surface area contributed by atoms with Crippen LogP contribution in [0.3, 0.4) is 0 Å². The number of aliphatic hydroxyl groups excluding tert-OH is 3. The van der Waals surface area contributed by atoms with Crippen molar-refractivity contribution in [2.75, 3.05) is 0 Å². The van der Waals surface area contributed by atoms with Crippen molar-refractivity contribution in [2.45, 2.75) is 90.3 Å². The van der Waals surface area contributed by atoms with Gasteiger partial charge in [-0.05, 0) is 83.4 Å². The van der Waals surface area contributed by atoms with Crippen LogP contribution in [0.2, 0.25) is 0 Å². The van der Waals surface area contributed by atoms with E-state index in [1.807, 2.05) is 33.8 Å². The standard InChI is InChI=1S/C30H40O7/c1-15-6-8-20(17(3)12-25-27(23(32)10-15)19(5)29(34)36-25)14-21-28-24(33)11-16(2)7-9-22(31)18(4)13-26(28)37-30(21)35/h10-13,20-28,31-33H,5-9,14H2,1-4H3/b15-10+,16-11+,17-12-,18-13-/t20-,21-,22+,23-,24-,25+,26+,27+,28+/m1/s1. The minimum atomic E-state index is -0.867. The van der Waals surface area contributed by atoms with Crippen molar-refractivity contribution >= 4 is 11.9 Å². The van der Waals surface area contributed by atoms with Crippen LogP contribution < -0.4 is 0 Å². The van der Waals surface area contributed by atoms with Crippen LogP contribution in [0.5, 0.6) is 0 Å². The van der Waals surface area contributed by atoms with Gasteiger partial charge in [0, 0.05) is 11.5 Å². The van der Waals surface area contributed by atoms with Crippen molar-refractivity contribution in [3.8, 4) is 0 Å². The van der Waals surface area contributed by atoms with Crippen LogP contribution in [0, 0.1) is 23.7 Å². The van der Waals surface area contributed by atoms with E-state index < -0.39 is 54.2 Å². The van der Waals surface area contributed by atoms with E-state index in [0.717, 1.165) is 28.7 Å². The van der Waals surface area contributed by atoms with Gasteiger partial charge < -0.3 is 24.8 Å². The molecule has 7 heteroatoms. The third-order valence-electron chi connectivity index (χ3n) is 8.60. The molecule has 202 valence electrons. The lowest BCUT2D eigenvalue weighted by Crippen LogP contribution is -2.33. The largest absolute Gasteiger partial charge is 0.457 e. The van der Waals surface area contributed by atoms with Gasteiger partial charge in [-0.1, -0.05) is 35.5 Å². The van der Waals surface area contributed by atoms with Gasteiger partial charge >= 0.3 is 11.9 Å². The highest BCUT2D eigenvalue weighted by molar-refractivity contribution is 5.91. The molecular formula is C30H40O7. The minimum Gasteiger partial charge on any atom is -0.457 e. The first kappa shape index (κ1) is 27.6. The fourth-order valence-corrected chi connectivity index (χ4v) is 6.22. The number of hydrogen-bond donors (Lipinski definition) is 3. The molecule has 0 radical (unpaired) electrons. The number of fused-ring (bicyclic) bond motifs is 2. The molecule has 9 atom stereocenters. The Labute approximate surface area is 219 Å². The fourth-order valence-electron chi connectivity index (χ4n) is 6.22. The highest BCUT2D eigenvalue weighted by Crippen LogP contribution is 2.42. The maximum atomic E-state index is 13.2. The number of aliphatic hydroxyl groups is 3. The van der Waals surface area contributed by atoms with Gasteiger partial charge in [-0.25, -0.2) is 4.79 Å². The van der Waals surface area contributed by atoms with Gasteiger partial charge in [-0.3, -0.25) is 4.79 Å². The molecule has 2 aliphatic carbocycles. The summed E-state index contributed by atoms with van der Waals surface area (Å²) < 4.78 is 11.3. The van der Waals surface area contributed by atoms with E-state index in [9.17, 15) is 24.9 Å². The Morgan fingerprint density at radius 3 is 2.16 bits per heavy atom. The summed E-state index contributed by atoms with van der Waals surface area (Å²) in [4.78, 5) is 25.5.